The van der Waals surface area contributed by atoms with Crippen LogP contribution in [0.2, 0.25) is 0 Å². The molecular formula is C20H24FN7O3. The normalized spacial score (nSPS) is 17.4. The summed E-state index contributed by atoms with van der Waals surface area (Å²) in [7, 11) is 1.83. The van der Waals surface area contributed by atoms with Crippen molar-refractivity contribution in [1.29, 1.82) is 0 Å². The Kier molecular flexibility index (Phi) is 5.76. The van der Waals surface area contributed by atoms with Gasteiger partial charge in [0.2, 0.25) is 12.7 Å². The number of hydrogen-bond acceptors (Lipinski definition) is 8. The number of pyridine rings is 1. The number of rotatable bonds is 5. The number of nitrogens with zero attached hydrogens (tertiary/aromatic N) is 6. The Hall–Kier alpha value is -3.60. The minimum Gasteiger partial charge on any atom is -0.453 e. The Morgan fingerprint density at radius 2 is 2.06 bits per heavy atom. The summed E-state index contributed by atoms with van der Waals surface area (Å²) in [5.74, 6) is 1.85. The van der Waals surface area contributed by atoms with E-state index < -0.39 is 0 Å². The smallest absolute Gasteiger partial charge is 0.241 e. The highest BCUT2D eigenvalue weighted by molar-refractivity contribution is 5.94. The zero-order valence-corrected chi connectivity index (χ0v) is 16.9. The van der Waals surface area contributed by atoms with Gasteiger partial charge in [-0.1, -0.05) is 0 Å². The molecule has 5 heterocycles. The van der Waals surface area contributed by atoms with Crippen LogP contribution in [-0.4, -0.2) is 54.9 Å². The summed E-state index contributed by atoms with van der Waals surface area (Å²) in [6.45, 7) is 1.55. The minimum atomic E-state index is -0.248. The lowest BCUT2D eigenvalue weighted by Crippen LogP contribution is -2.39. The van der Waals surface area contributed by atoms with Crippen molar-refractivity contribution in [2.75, 3.05) is 18.7 Å². The molecule has 1 fully saturated rings. The Balaban J connectivity index is 0.00000144. The van der Waals surface area contributed by atoms with Gasteiger partial charge in [0.05, 0.1) is 24.1 Å². The Morgan fingerprint density at radius 3 is 2.84 bits per heavy atom. The lowest BCUT2D eigenvalue weighted by molar-refractivity contribution is -0.120. The second-order valence-corrected chi connectivity index (χ2v) is 7.24. The van der Waals surface area contributed by atoms with E-state index in [1.54, 1.807) is 35.5 Å². The van der Waals surface area contributed by atoms with Crippen molar-refractivity contribution in [1.82, 2.24) is 29.6 Å². The van der Waals surface area contributed by atoms with E-state index in [0.717, 1.165) is 30.8 Å². The molecule has 31 heavy (non-hydrogen) atoms. The van der Waals surface area contributed by atoms with Crippen molar-refractivity contribution < 1.29 is 20.4 Å². The van der Waals surface area contributed by atoms with Crippen molar-refractivity contribution in [2.45, 2.75) is 25.4 Å². The molecule has 5 rings (SSSR count). The third kappa shape index (κ3) is 4.04. The number of hydrogen-bond donors (Lipinski definition) is 1. The van der Waals surface area contributed by atoms with Gasteiger partial charge in [0.15, 0.2) is 17.3 Å². The summed E-state index contributed by atoms with van der Waals surface area (Å²) in [5, 5.41) is 7.05. The van der Waals surface area contributed by atoms with Gasteiger partial charge in [-0.2, -0.15) is 5.10 Å². The van der Waals surface area contributed by atoms with Gasteiger partial charge in [0.25, 0.3) is 0 Å². The van der Waals surface area contributed by atoms with Gasteiger partial charge in [-0.05, 0) is 25.5 Å². The molecule has 0 saturated carbocycles. The Labute approximate surface area is 179 Å². The zero-order valence-electron chi connectivity index (χ0n) is 16.9. The molecule has 0 aliphatic carbocycles. The number of halogens is 1. The van der Waals surface area contributed by atoms with E-state index in [9.17, 15) is 4.79 Å². The first-order chi connectivity index (χ1) is 14.7. The summed E-state index contributed by atoms with van der Waals surface area (Å²) in [6, 6.07) is 3.38. The predicted molar refractivity (Wildman–Crippen MR) is 111 cm³/mol. The maximum atomic E-state index is 12.9. The maximum Gasteiger partial charge on any atom is 0.241 e. The van der Waals surface area contributed by atoms with E-state index >= 15 is 0 Å². The molecule has 1 atom stereocenters. The highest BCUT2D eigenvalue weighted by Gasteiger charge is 2.32. The lowest BCUT2D eigenvalue weighted by Gasteiger charge is -2.23. The van der Waals surface area contributed by atoms with E-state index in [2.05, 4.69) is 30.3 Å². The lowest BCUT2D eigenvalue weighted by atomic mass is 10.2. The number of aromatic nitrogens is 5. The van der Waals surface area contributed by atoms with E-state index in [1.807, 2.05) is 13.1 Å². The first-order valence-corrected chi connectivity index (χ1v) is 9.78. The molecule has 1 amide bonds. The van der Waals surface area contributed by atoms with Gasteiger partial charge < -0.3 is 14.8 Å². The summed E-state index contributed by atoms with van der Waals surface area (Å²) >= 11 is 0. The molecule has 2 aliphatic heterocycles. The molecule has 0 aromatic carbocycles. The van der Waals surface area contributed by atoms with Crippen LogP contribution in [0.4, 0.5) is 10.4 Å². The zero-order chi connectivity index (χ0) is 20.5. The molecule has 0 unspecified atom stereocenters. The fraction of sp³-hybridized carbons (Fsp3) is 0.350. The van der Waals surface area contributed by atoms with E-state index in [4.69, 9.17) is 9.47 Å². The molecular weight excluding hydrogens is 405 g/mol. The molecule has 0 radical (unpaired) electrons. The molecule has 0 bridgehead atoms. The SMILES string of the molecule is Cn1nccc1-c1ncc(NC(=O)[C@H]2CCCN2Cc2nccc3c2OCO3)cn1.F.[HH]. The topological polar surface area (TPSA) is 107 Å². The second kappa shape index (κ2) is 8.64. The average Bonchev–Trinajstić information content (AvgIpc) is 3.49. The first-order valence-electron chi connectivity index (χ1n) is 9.78. The van der Waals surface area contributed by atoms with Gasteiger partial charge in [0, 0.05) is 33.5 Å². The number of ether oxygens (including phenoxy) is 2. The average molecular weight is 429 g/mol. The van der Waals surface area contributed by atoms with Crippen molar-refractivity contribution in [3.05, 3.63) is 42.6 Å². The first kappa shape index (κ1) is 20.7. The van der Waals surface area contributed by atoms with Crippen LogP contribution >= 0.6 is 0 Å². The Bertz CT molecular complexity index is 1080. The molecule has 0 spiro atoms. The highest BCUT2D eigenvalue weighted by Crippen LogP contribution is 2.35. The molecule has 1 N–H and O–H groups in total. The monoisotopic (exact) mass is 429 g/mol. The minimum absolute atomic E-state index is 0. The number of anilines is 1. The van der Waals surface area contributed by atoms with E-state index in [1.165, 1.54) is 0 Å². The second-order valence-electron chi connectivity index (χ2n) is 7.24. The van der Waals surface area contributed by atoms with E-state index in [0.29, 0.717) is 29.6 Å². The van der Waals surface area contributed by atoms with Gasteiger partial charge in [-0.25, -0.2) is 9.97 Å². The van der Waals surface area contributed by atoms with Crippen molar-refractivity contribution in [2.24, 2.45) is 7.05 Å². The van der Waals surface area contributed by atoms with Crippen LogP contribution in [0.25, 0.3) is 11.5 Å². The molecule has 3 aromatic rings. The maximum absolute atomic E-state index is 12.9. The quantitative estimate of drug-likeness (QED) is 0.656. The molecule has 1 saturated heterocycles. The largest absolute Gasteiger partial charge is 0.453 e. The molecule has 3 aromatic heterocycles. The fourth-order valence-electron chi connectivity index (χ4n) is 3.85. The third-order valence-electron chi connectivity index (χ3n) is 5.35. The summed E-state index contributed by atoms with van der Waals surface area (Å²) in [4.78, 5) is 28.2. The van der Waals surface area contributed by atoms with Gasteiger partial charge in [0.1, 0.15) is 11.4 Å². The number of carbonyl (C=O) groups is 1. The van der Waals surface area contributed by atoms with Crippen LogP contribution in [0.3, 0.4) is 0 Å². The van der Waals surface area contributed by atoms with Gasteiger partial charge in [-0.3, -0.25) is 24.1 Å². The number of fused-ring (bicyclic) bond motifs is 1. The number of likely N-dealkylation sites (tertiary alicyclic amines) is 1. The van der Waals surface area contributed by atoms with Crippen molar-refractivity contribution in [3.63, 3.8) is 0 Å². The van der Waals surface area contributed by atoms with Gasteiger partial charge >= 0.3 is 0 Å². The van der Waals surface area contributed by atoms with Crippen LogP contribution < -0.4 is 14.8 Å². The van der Waals surface area contributed by atoms with Crippen molar-refractivity contribution >= 4 is 11.6 Å². The summed E-state index contributed by atoms with van der Waals surface area (Å²) in [6.07, 6.45) is 8.35. The molecule has 11 heteroatoms. The third-order valence-corrected chi connectivity index (χ3v) is 5.35. The molecule has 164 valence electrons. The van der Waals surface area contributed by atoms with Crippen LogP contribution in [0.15, 0.2) is 36.9 Å². The standard InChI is InChI=1S/C20H21N7O3.FH.H2/c1-26-15(4-7-24-26)19-22-9-13(10-23-19)25-20(28)16-3-2-8-27(16)11-14-18-17(5-6-21-14)29-12-30-18;;/h4-7,9-10,16H,2-3,8,11-12H2,1H3,(H,25,28);2*1H/t16-;;/m1../s1. The summed E-state index contributed by atoms with van der Waals surface area (Å²) < 4.78 is 12.7. The number of carbonyl (C=O) groups excluding carboxylic acids is 1. The van der Waals surface area contributed by atoms with Gasteiger partial charge in [-0.15, -0.1) is 0 Å². The van der Waals surface area contributed by atoms with E-state index in [-0.39, 0.29) is 24.9 Å². The van der Waals surface area contributed by atoms with Crippen LogP contribution in [0, 0.1) is 0 Å². The molecule has 2 aliphatic rings. The van der Waals surface area contributed by atoms with Crippen molar-refractivity contribution in [3.8, 4) is 23.0 Å². The Morgan fingerprint density at radius 1 is 1.23 bits per heavy atom. The van der Waals surface area contributed by atoms with Crippen LogP contribution in [0.1, 0.15) is 20.0 Å². The van der Waals surface area contributed by atoms with Crippen LogP contribution in [0.5, 0.6) is 11.5 Å². The van der Waals surface area contributed by atoms with Crippen LogP contribution in [-0.2, 0) is 18.4 Å². The number of nitrogens with one attached hydrogen (secondary N) is 1. The number of amides is 1. The predicted octanol–water partition coefficient (Wildman–Crippen LogP) is 2.00. The fourth-order valence-corrected chi connectivity index (χ4v) is 3.85. The summed E-state index contributed by atoms with van der Waals surface area (Å²) in [5.41, 5.74) is 2.16. The number of aryl methyl sites for hydroxylation is 1. The highest BCUT2D eigenvalue weighted by atomic mass is 19.0. The molecule has 10 nitrogen and oxygen atoms in total.